The minimum absolute atomic E-state index is 0.0130. The van der Waals surface area contributed by atoms with E-state index in [4.69, 9.17) is 16.3 Å². The Labute approximate surface area is 176 Å². The van der Waals surface area contributed by atoms with Gasteiger partial charge in [0.2, 0.25) is 5.88 Å². The third-order valence-corrected chi connectivity index (χ3v) is 5.74. The van der Waals surface area contributed by atoms with E-state index in [0.717, 1.165) is 37.2 Å². The van der Waals surface area contributed by atoms with Gasteiger partial charge in [-0.15, -0.1) is 0 Å². The Balaban J connectivity index is 1.59. The number of pyridine rings is 1. The van der Waals surface area contributed by atoms with Crippen LogP contribution in [0.15, 0.2) is 60.8 Å². The van der Waals surface area contributed by atoms with Crippen LogP contribution in [0.25, 0.3) is 11.1 Å². The zero-order valence-electron chi connectivity index (χ0n) is 16.5. The Kier molecular flexibility index (Phi) is 6.02. The SMILES string of the molecule is CCc1ccccc1-c1ccc(CO)c(N2CC[C@H](Oc3ncccc3Cl)C2)c1. The number of aromatic nitrogens is 1. The van der Waals surface area contributed by atoms with Crippen LogP contribution in [0.2, 0.25) is 5.02 Å². The monoisotopic (exact) mass is 408 g/mol. The molecule has 0 bridgehead atoms. The maximum atomic E-state index is 9.89. The van der Waals surface area contributed by atoms with E-state index >= 15 is 0 Å². The number of hydrogen-bond donors (Lipinski definition) is 1. The van der Waals surface area contributed by atoms with Crippen molar-refractivity contribution >= 4 is 17.3 Å². The van der Waals surface area contributed by atoms with Crippen LogP contribution in [0.1, 0.15) is 24.5 Å². The van der Waals surface area contributed by atoms with Gasteiger partial charge in [0, 0.05) is 30.4 Å². The first-order chi connectivity index (χ1) is 14.2. The number of aliphatic hydroxyl groups excluding tert-OH is 1. The number of halogens is 1. The second-order valence-corrected chi connectivity index (χ2v) is 7.68. The molecule has 1 fully saturated rings. The molecule has 1 saturated heterocycles. The molecule has 1 aromatic heterocycles. The van der Waals surface area contributed by atoms with E-state index in [1.807, 2.05) is 6.07 Å². The smallest absolute Gasteiger partial charge is 0.232 e. The van der Waals surface area contributed by atoms with Crippen molar-refractivity contribution in [3.05, 3.63) is 76.9 Å². The third-order valence-electron chi connectivity index (χ3n) is 5.45. The van der Waals surface area contributed by atoms with Crippen molar-refractivity contribution in [1.29, 1.82) is 0 Å². The van der Waals surface area contributed by atoms with Crippen molar-refractivity contribution in [2.75, 3.05) is 18.0 Å². The van der Waals surface area contributed by atoms with Gasteiger partial charge in [-0.25, -0.2) is 4.98 Å². The summed E-state index contributed by atoms with van der Waals surface area (Å²) in [5, 5.41) is 10.4. The van der Waals surface area contributed by atoms with Crippen LogP contribution in [0.3, 0.4) is 0 Å². The molecule has 29 heavy (non-hydrogen) atoms. The number of ether oxygens (including phenoxy) is 1. The molecule has 1 aliphatic rings. The fourth-order valence-corrected chi connectivity index (χ4v) is 4.09. The number of aryl methyl sites for hydroxylation is 1. The van der Waals surface area contributed by atoms with Crippen molar-refractivity contribution in [2.24, 2.45) is 0 Å². The largest absolute Gasteiger partial charge is 0.471 e. The van der Waals surface area contributed by atoms with Gasteiger partial charge in [0.25, 0.3) is 0 Å². The molecule has 4 nitrogen and oxygen atoms in total. The minimum Gasteiger partial charge on any atom is -0.471 e. The first kappa shape index (κ1) is 19.7. The molecule has 3 aromatic rings. The van der Waals surface area contributed by atoms with Crippen LogP contribution >= 0.6 is 11.6 Å². The highest BCUT2D eigenvalue weighted by molar-refractivity contribution is 6.31. The molecule has 0 spiro atoms. The minimum atomic E-state index is 0.0130. The van der Waals surface area contributed by atoms with Crippen LogP contribution in [0, 0.1) is 0 Å². The molecule has 1 aliphatic heterocycles. The van der Waals surface area contributed by atoms with Crippen molar-refractivity contribution in [3.8, 4) is 17.0 Å². The molecule has 1 N–H and O–H groups in total. The summed E-state index contributed by atoms with van der Waals surface area (Å²) < 4.78 is 6.04. The van der Waals surface area contributed by atoms with Crippen LogP contribution < -0.4 is 9.64 Å². The van der Waals surface area contributed by atoms with Crippen molar-refractivity contribution in [1.82, 2.24) is 4.98 Å². The predicted octanol–water partition coefficient (Wildman–Crippen LogP) is 5.11. The van der Waals surface area contributed by atoms with Gasteiger partial charge in [0.1, 0.15) is 11.1 Å². The summed E-state index contributed by atoms with van der Waals surface area (Å²) in [6, 6.07) is 18.4. The highest BCUT2D eigenvalue weighted by atomic mass is 35.5. The summed E-state index contributed by atoms with van der Waals surface area (Å²) in [7, 11) is 0. The number of benzene rings is 2. The van der Waals surface area contributed by atoms with Gasteiger partial charge >= 0.3 is 0 Å². The summed E-state index contributed by atoms with van der Waals surface area (Å²) in [4.78, 5) is 6.52. The summed E-state index contributed by atoms with van der Waals surface area (Å²) in [5.74, 6) is 0.481. The molecule has 0 radical (unpaired) electrons. The zero-order valence-corrected chi connectivity index (χ0v) is 17.3. The standard InChI is InChI=1S/C24H25ClN2O2/c1-2-17-6-3-4-7-21(17)18-9-10-19(16-28)23(14-18)27-13-11-20(15-27)29-24-22(25)8-5-12-26-24/h3-10,12,14,20,28H,2,11,13,15-16H2,1H3/t20-/m0/s1. The molecule has 0 saturated carbocycles. The summed E-state index contributed by atoms with van der Waals surface area (Å²) in [6.07, 6.45) is 3.57. The first-order valence-electron chi connectivity index (χ1n) is 10.0. The Morgan fingerprint density at radius 1 is 1.14 bits per heavy atom. The molecule has 150 valence electrons. The van der Waals surface area contributed by atoms with Crippen LogP contribution in [-0.4, -0.2) is 29.3 Å². The molecule has 2 aromatic carbocycles. The molecular formula is C24H25ClN2O2. The van der Waals surface area contributed by atoms with E-state index in [2.05, 4.69) is 53.2 Å². The van der Waals surface area contributed by atoms with E-state index in [1.54, 1.807) is 18.3 Å². The van der Waals surface area contributed by atoms with Crippen molar-refractivity contribution in [3.63, 3.8) is 0 Å². The van der Waals surface area contributed by atoms with E-state index in [1.165, 1.54) is 16.7 Å². The maximum Gasteiger partial charge on any atom is 0.232 e. The second-order valence-electron chi connectivity index (χ2n) is 7.28. The van der Waals surface area contributed by atoms with E-state index in [0.29, 0.717) is 10.9 Å². The normalized spacial score (nSPS) is 16.2. The van der Waals surface area contributed by atoms with Gasteiger partial charge < -0.3 is 14.7 Å². The molecular weight excluding hydrogens is 384 g/mol. The molecule has 4 rings (SSSR count). The van der Waals surface area contributed by atoms with Gasteiger partial charge in [-0.3, -0.25) is 0 Å². The number of nitrogens with zero attached hydrogens (tertiary/aromatic N) is 2. The van der Waals surface area contributed by atoms with Crippen molar-refractivity contribution < 1.29 is 9.84 Å². The van der Waals surface area contributed by atoms with Gasteiger partial charge in [-0.1, -0.05) is 54.9 Å². The number of rotatable bonds is 6. The lowest BCUT2D eigenvalue weighted by atomic mass is 9.96. The van der Waals surface area contributed by atoms with Crippen LogP contribution in [-0.2, 0) is 13.0 Å². The summed E-state index contributed by atoms with van der Waals surface area (Å²) in [5.41, 5.74) is 5.73. The first-order valence-corrected chi connectivity index (χ1v) is 10.4. The molecule has 0 amide bonds. The fraction of sp³-hybridized carbons (Fsp3) is 0.292. The fourth-order valence-electron chi connectivity index (χ4n) is 3.93. The number of anilines is 1. The van der Waals surface area contributed by atoms with Gasteiger partial charge in [0.05, 0.1) is 13.2 Å². The van der Waals surface area contributed by atoms with Crippen LogP contribution in [0.5, 0.6) is 5.88 Å². The Hall–Kier alpha value is -2.56. The summed E-state index contributed by atoms with van der Waals surface area (Å²) >= 11 is 6.19. The maximum absolute atomic E-state index is 9.89. The molecule has 0 unspecified atom stereocenters. The highest BCUT2D eigenvalue weighted by Gasteiger charge is 2.27. The second kappa shape index (κ2) is 8.85. The Bertz CT molecular complexity index is 992. The molecule has 1 atom stereocenters. The lowest BCUT2D eigenvalue weighted by Gasteiger charge is -2.23. The van der Waals surface area contributed by atoms with Gasteiger partial charge in [-0.05, 0) is 41.3 Å². The molecule has 2 heterocycles. The lowest BCUT2D eigenvalue weighted by molar-refractivity contribution is 0.216. The Morgan fingerprint density at radius 3 is 2.79 bits per heavy atom. The van der Waals surface area contributed by atoms with E-state index < -0.39 is 0 Å². The van der Waals surface area contributed by atoms with Crippen LogP contribution in [0.4, 0.5) is 5.69 Å². The van der Waals surface area contributed by atoms with Gasteiger partial charge in [0.15, 0.2) is 0 Å². The topological polar surface area (TPSA) is 45.6 Å². The number of hydrogen-bond acceptors (Lipinski definition) is 4. The van der Waals surface area contributed by atoms with E-state index in [-0.39, 0.29) is 12.7 Å². The predicted molar refractivity (Wildman–Crippen MR) is 118 cm³/mol. The van der Waals surface area contributed by atoms with Gasteiger partial charge in [-0.2, -0.15) is 0 Å². The lowest BCUT2D eigenvalue weighted by Crippen LogP contribution is -2.25. The average molecular weight is 409 g/mol. The quantitative estimate of drug-likeness (QED) is 0.615. The third kappa shape index (κ3) is 4.24. The summed E-state index contributed by atoms with van der Waals surface area (Å²) in [6.45, 7) is 3.78. The average Bonchev–Trinajstić information content (AvgIpc) is 3.23. The van der Waals surface area contributed by atoms with E-state index in [9.17, 15) is 5.11 Å². The Morgan fingerprint density at radius 2 is 2.00 bits per heavy atom. The molecule has 5 heteroatoms. The number of aliphatic hydroxyl groups is 1. The molecule has 0 aliphatic carbocycles. The van der Waals surface area contributed by atoms with Crippen molar-refractivity contribution in [2.45, 2.75) is 32.5 Å². The highest BCUT2D eigenvalue weighted by Crippen LogP contribution is 2.33. The zero-order chi connectivity index (χ0) is 20.2.